The van der Waals surface area contributed by atoms with Crippen molar-refractivity contribution in [2.75, 3.05) is 30.8 Å². The number of ether oxygens (including phenoxy) is 2. The molecule has 0 radical (unpaired) electrons. The highest BCUT2D eigenvalue weighted by Gasteiger charge is 2.35. The van der Waals surface area contributed by atoms with Crippen LogP contribution in [-0.2, 0) is 32.6 Å². The van der Waals surface area contributed by atoms with E-state index in [1.165, 1.54) is 16.7 Å². The van der Waals surface area contributed by atoms with Gasteiger partial charge in [0.2, 0.25) is 11.8 Å². The van der Waals surface area contributed by atoms with Gasteiger partial charge in [-0.15, -0.1) is 11.8 Å². The van der Waals surface area contributed by atoms with E-state index in [1.54, 1.807) is 55.6 Å². The van der Waals surface area contributed by atoms with E-state index in [4.69, 9.17) is 9.47 Å². The minimum absolute atomic E-state index is 0.0273. The third-order valence-corrected chi connectivity index (χ3v) is 11.4. The molecule has 0 heterocycles. The summed E-state index contributed by atoms with van der Waals surface area (Å²) >= 11 is 1.50. The molecular weight excluding hydrogens is 671 g/mol. The van der Waals surface area contributed by atoms with Crippen molar-refractivity contribution >= 4 is 39.3 Å². The first-order chi connectivity index (χ1) is 24.2. The minimum Gasteiger partial charge on any atom is -0.497 e. The van der Waals surface area contributed by atoms with Crippen molar-refractivity contribution in [3.05, 3.63) is 114 Å². The Labute approximate surface area is 300 Å². The lowest BCUT2D eigenvalue weighted by molar-refractivity contribution is -0.140. The van der Waals surface area contributed by atoms with Gasteiger partial charge >= 0.3 is 0 Å². The highest BCUT2D eigenvalue weighted by molar-refractivity contribution is 7.98. The number of rotatable bonds is 16. The maximum atomic E-state index is 14.8. The molecule has 11 heteroatoms. The van der Waals surface area contributed by atoms with Crippen LogP contribution in [0, 0.1) is 0 Å². The Balaban J connectivity index is 1.57. The van der Waals surface area contributed by atoms with Gasteiger partial charge in [-0.3, -0.25) is 13.9 Å². The fraction of sp³-hybridized carbons (Fsp3) is 0.333. The van der Waals surface area contributed by atoms with Crippen LogP contribution in [0.2, 0.25) is 0 Å². The average Bonchev–Trinajstić information content (AvgIpc) is 3.66. The number of thioether (sulfide) groups is 1. The summed E-state index contributed by atoms with van der Waals surface area (Å²) < 4.78 is 41.0. The van der Waals surface area contributed by atoms with E-state index < -0.39 is 28.5 Å². The van der Waals surface area contributed by atoms with Gasteiger partial charge in [0.05, 0.1) is 24.3 Å². The summed E-state index contributed by atoms with van der Waals surface area (Å²) in [4.78, 5) is 31.5. The predicted octanol–water partition coefficient (Wildman–Crippen LogP) is 6.71. The molecule has 4 aromatic rings. The molecule has 0 bridgehead atoms. The molecule has 1 atom stereocenters. The smallest absolute Gasteiger partial charge is 0.264 e. The molecule has 1 fully saturated rings. The number of nitrogens with one attached hydrogen (secondary N) is 1. The van der Waals surface area contributed by atoms with E-state index in [0.29, 0.717) is 23.8 Å². The zero-order valence-electron chi connectivity index (χ0n) is 28.8. The van der Waals surface area contributed by atoms with Crippen LogP contribution in [0.3, 0.4) is 0 Å². The van der Waals surface area contributed by atoms with Crippen molar-refractivity contribution < 1.29 is 27.5 Å². The Morgan fingerprint density at radius 2 is 1.56 bits per heavy atom. The van der Waals surface area contributed by atoms with Crippen molar-refractivity contribution in [2.24, 2.45) is 0 Å². The molecule has 0 unspecified atom stereocenters. The first-order valence-electron chi connectivity index (χ1n) is 16.9. The Morgan fingerprint density at radius 1 is 0.880 bits per heavy atom. The summed E-state index contributed by atoms with van der Waals surface area (Å²) in [7, 11) is -2.65. The van der Waals surface area contributed by atoms with Crippen LogP contribution < -0.4 is 19.1 Å². The molecule has 2 amide bonds. The van der Waals surface area contributed by atoms with E-state index in [2.05, 4.69) is 5.32 Å². The summed E-state index contributed by atoms with van der Waals surface area (Å²) in [6.07, 6.45) is 6.00. The highest BCUT2D eigenvalue weighted by atomic mass is 32.2. The Hall–Kier alpha value is -4.48. The van der Waals surface area contributed by atoms with Crippen molar-refractivity contribution in [1.29, 1.82) is 0 Å². The van der Waals surface area contributed by atoms with Crippen molar-refractivity contribution in [3.63, 3.8) is 0 Å². The van der Waals surface area contributed by atoms with Crippen molar-refractivity contribution in [2.45, 2.75) is 67.4 Å². The molecule has 9 nitrogen and oxygen atoms in total. The maximum absolute atomic E-state index is 14.8. The summed E-state index contributed by atoms with van der Waals surface area (Å²) in [5.74, 6) is 0.404. The van der Waals surface area contributed by atoms with Gasteiger partial charge in [0, 0.05) is 23.9 Å². The van der Waals surface area contributed by atoms with Crippen LogP contribution in [0.4, 0.5) is 5.69 Å². The number of methoxy groups -OCH3 is 1. The lowest BCUT2D eigenvalue weighted by Gasteiger charge is -2.34. The monoisotopic (exact) mass is 715 g/mol. The summed E-state index contributed by atoms with van der Waals surface area (Å²) in [6.45, 7) is 1.84. The Morgan fingerprint density at radius 3 is 2.20 bits per heavy atom. The molecule has 50 heavy (non-hydrogen) atoms. The van der Waals surface area contributed by atoms with Gasteiger partial charge < -0.3 is 19.7 Å². The van der Waals surface area contributed by atoms with Gasteiger partial charge in [-0.1, -0.05) is 55.3 Å². The van der Waals surface area contributed by atoms with Crippen LogP contribution >= 0.6 is 11.8 Å². The molecule has 0 saturated heterocycles. The van der Waals surface area contributed by atoms with E-state index in [-0.39, 0.29) is 29.8 Å². The predicted molar refractivity (Wildman–Crippen MR) is 198 cm³/mol. The number of benzene rings is 4. The maximum Gasteiger partial charge on any atom is 0.264 e. The third-order valence-electron chi connectivity index (χ3n) is 8.82. The molecule has 0 aromatic heterocycles. The van der Waals surface area contributed by atoms with Crippen molar-refractivity contribution in [3.8, 4) is 11.5 Å². The molecule has 1 aliphatic rings. The fourth-order valence-electron chi connectivity index (χ4n) is 6.17. The van der Waals surface area contributed by atoms with Crippen molar-refractivity contribution in [1.82, 2.24) is 10.2 Å². The average molecular weight is 716 g/mol. The number of carbonyl (C=O) groups excluding carboxylic acids is 2. The number of amides is 2. The van der Waals surface area contributed by atoms with Crippen LogP contribution in [0.1, 0.15) is 43.7 Å². The van der Waals surface area contributed by atoms with E-state index >= 15 is 0 Å². The second-order valence-corrected chi connectivity index (χ2v) is 14.9. The molecule has 0 spiro atoms. The van der Waals surface area contributed by atoms with Crippen LogP contribution in [0.25, 0.3) is 0 Å². The zero-order valence-corrected chi connectivity index (χ0v) is 30.4. The quantitative estimate of drug-likeness (QED) is 0.129. The number of carbonyl (C=O) groups is 2. The largest absolute Gasteiger partial charge is 0.497 e. The molecule has 0 aliphatic heterocycles. The zero-order chi connectivity index (χ0) is 35.5. The topological polar surface area (TPSA) is 105 Å². The van der Waals surface area contributed by atoms with Gasteiger partial charge in [-0.05, 0) is 97.8 Å². The highest BCUT2D eigenvalue weighted by Crippen LogP contribution is 2.29. The van der Waals surface area contributed by atoms with Gasteiger partial charge in [0.25, 0.3) is 10.0 Å². The lowest BCUT2D eigenvalue weighted by Crippen LogP contribution is -2.54. The number of nitrogens with zero attached hydrogens (tertiary/aromatic N) is 2. The normalized spacial score (nSPS) is 13.7. The Kier molecular flexibility index (Phi) is 12.8. The Bertz CT molecular complexity index is 1810. The van der Waals surface area contributed by atoms with E-state index in [1.807, 2.05) is 67.8 Å². The van der Waals surface area contributed by atoms with Gasteiger partial charge in [0.15, 0.2) is 0 Å². The molecule has 5 rings (SSSR count). The molecule has 1 N–H and O–H groups in total. The van der Waals surface area contributed by atoms with Gasteiger partial charge in [0.1, 0.15) is 24.1 Å². The van der Waals surface area contributed by atoms with E-state index in [9.17, 15) is 18.0 Å². The number of sulfonamides is 1. The second kappa shape index (κ2) is 17.4. The molecule has 1 aliphatic carbocycles. The SMILES string of the molecule is CCOc1ccc(N(CC(=O)N(Cc2cccc(OC)c2)[C@@H](Cc2ccccc2)C(=O)NC2CCCC2)S(=O)(=O)c2ccc(SC)cc2)cc1. The van der Waals surface area contributed by atoms with Crippen LogP contribution in [0.15, 0.2) is 113 Å². The molecule has 264 valence electrons. The summed E-state index contributed by atoms with van der Waals surface area (Å²) in [5, 5.41) is 3.21. The number of anilines is 1. The first kappa shape index (κ1) is 36.8. The van der Waals surface area contributed by atoms with Gasteiger partial charge in [-0.25, -0.2) is 8.42 Å². The first-order valence-corrected chi connectivity index (χ1v) is 19.5. The molecule has 1 saturated carbocycles. The second-order valence-electron chi connectivity index (χ2n) is 12.2. The molecule has 4 aromatic carbocycles. The summed E-state index contributed by atoms with van der Waals surface area (Å²) in [5.41, 5.74) is 1.92. The molecular formula is C39H45N3O6S2. The standard InChI is InChI=1S/C39H45N3O6S2/c1-4-48-33-19-17-32(18-20-33)42(50(45,46)36-23-21-35(49-3)22-24-36)28-38(43)41(27-30-13-10-16-34(25-30)47-2)37(26-29-11-6-5-7-12-29)39(44)40-31-14-8-9-15-31/h5-7,10-13,16-25,31,37H,4,8-9,14-15,26-28H2,1-3H3,(H,40,44)/t37-/m0/s1. The number of hydrogen-bond donors (Lipinski definition) is 1. The van der Waals surface area contributed by atoms with Gasteiger partial charge in [-0.2, -0.15) is 0 Å². The van der Waals surface area contributed by atoms with Crippen LogP contribution in [-0.4, -0.2) is 63.7 Å². The summed E-state index contributed by atoms with van der Waals surface area (Å²) in [6, 6.07) is 29.2. The van der Waals surface area contributed by atoms with Crippen LogP contribution in [0.5, 0.6) is 11.5 Å². The fourth-order valence-corrected chi connectivity index (χ4v) is 7.99. The lowest BCUT2D eigenvalue weighted by atomic mass is 10.0. The number of hydrogen-bond acceptors (Lipinski definition) is 7. The minimum atomic E-state index is -4.22. The third kappa shape index (κ3) is 9.39. The van der Waals surface area contributed by atoms with E-state index in [0.717, 1.165) is 46.0 Å².